The van der Waals surface area contributed by atoms with E-state index < -0.39 is 10.4 Å². The second-order valence-corrected chi connectivity index (χ2v) is 1.22. The van der Waals surface area contributed by atoms with Gasteiger partial charge in [-0.05, 0) is 0 Å². The molecule has 0 heterocycles. The van der Waals surface area contributed by atoms with Gasteiger partial charge >= 0.3 is 74.4 Å². The third-order valence-corrected chi connectivity index (χ3v) is 0. The Balaban J connectivity index is -0.00000000222. The van der Waals surface area contributed by atoms with Crippen LogP contribution in [0.5, 0.6) is 0 Å². The Labute approximate surface area is 139 Å². The predicted octanol–water partition coefficient (Wildman–Crippen LogP) is -10.5. The first-order valence-electron chi connectivity index (χ1n) is 0.667. The number of hydrogen-bond acceptors (Lipinski definition) is 4. The molecule has 0 spiro atoms. The molecule has 0 aliphatic rings. The Kier molecular flexibility index (Phi) is 329. The van der Waals surface area contributed by atoms with Gasteiger partial charge in [-0.3, -0.25) is 8.42 Å². The molecule has 0 aromatic carbocycles. The van der Waals surface area contributed by atoms with Gasteiger partial charge in [0.2, 0.25) is 0 Å². The van der Waals surface area contributed by atoms with Gasteiger partial charge in [0, 0.05) is 10.4 Å². The van der Waals surface area contributed by atoms with Crippen LogP contribution in [0.4, 0.5) is 0 Å². The molecule has 0 aromatic rings. The van der Waals surface area contributed by atoms with Gasteiger partial charge in [-0.15, -0.1) is 0 Å². The summed E-state index contributed by atoms with van der Waals surface area (Å²) in [4.78, 5) is 0. The first-order chi connectivity index (χ1) is 2.00. The third kappa shape index (κ3) is 595. The van der Waals surface area contributed by atoms with Crippen LogP contribution < -0.4 is 51.4 Å². The van der Waals surface area contributed by atoms with E-state index in [0.29, 0.717) is 0 Å². The quantitative estimate of drug-likeness (QED) is 0.237. The summed E-state index contributed by atoms with van der Waals surface area (Å²) in [6.45, 7) is 0. The van der Waals surface area contributed by atoms with Crippen LogP contribution in [0.1, 0.15) is 0 Å². The molecule has 0 radical (unpaired) electrons. The fourth-order valence-electron chi connectivity index (χ4n) is 0. The van der Waals surface area contributed by atoms with Gasteiger partial charge in [0.25, 0.3) is 0 Å². The molecular formula is H14KMgO11S+. The summed E-state index contributed by atoms with van der Waals surface area (Å²) in [6, 6.07) is 0. The van der Waals surface area contributed by atoms with E-state index in [2.05, 4.69) is 0 Å². The second kappa shape index (κ2) is 46.0. The van der Waals surface area contributed by atoms with E-state index in [1.165, 1.54) is 0 Å². The van der Waals surface area contributed by atoms with Crippen molar-refractivity contribution in [1.29, 1.82) is 0 Å². The van der Waals surface area contributed by atoms with E-state index in [4.69, 9.17) is 17.5 Å². The van der Waals surface area contributed by atoms with Crippen molar-refractivity contribution in [3.8, 4) is 0 Å². The van der Waals surface area contributed by atoms with Gasteiger partial charge in [-0.1, -0.05) is 0 Å². The fourth-order valence-corrected chi connectivity index (χ4v) is 0. The zero-order valence-corrected chi connectivity index (χ0v) is 12.6. The smallest absolute Gasteiger partial charge is 0.759 e. The Morgan fingerprint density at radius 3 is 0.643 bits per heavy atom. The molecule has 0 unspecified atom stereocenters. The van der Waals surface area contributed by atoms with Gasteiger partial charge in [-0.2, -0.15) is 0 Å². The van der Waals surface area contributed by atoms with Gasteiger partial charge in [0.05, 0.1) is 0 Å². The van der Waals surface area contributed by atoms with Gasteiger partial charge in [0.1, 0.15) is 0 Å². The maximum atomic E-state index is 8.52. The van der Waals surface area contributed by atoms with Crippen molar-refractivity contribution in [2.45, 2.75) is 0 Å². The zero-order chi connectivity index (χ0) is 4.50. The molecule has 0 saturated carbocycles. The summed E-state index contributed by atoms with van der Waals surface area (Å²) in [5, 5.41) is 0. The van der Waals surface area contributed by atoms with Crippen LogP contribution in [0, 0.1) is 0 Å². The third-order valence-electron chi connectivity index (χ3n) is 0. The van der Waals surface area contributed by atoms with Crippen molar-refractivity contribution in [3.05, 3.63) is 0 Å². The van der Waals surface area contributed by atoms with Crippen molar-refractivity contribution < 1.29 is 107 Å². The Morgan fingerprint density at radius 1 is 0.643 bits per heavy atom. The summed E-state index contributed by atoms with van der Waals surface area (Å²) in [5.74, 6) is 0. The molecular weight excluding hydrogens is 271 g/mol. The van der Waals surface area contributed by atoms with E-state index in [9.17, 15) is 0 Å². The van der Waals surface area contributed by atoms with Crippen LogP contribution in [0.2, 0.25) is 0 Å². The summed E-state index contributed by atoms with van der Waals surface area (Å²) in [5.41, 5.74) is 0. The number of rotatable bonds is 0. The van der Waals surface area contributed by atoms with Crippen molar-refractivity contribution in [1.82, 2.24) is 0 Å². The molecule has 0 aliphatic heterocycles. The average Bonchev–Trinajstić information content (AvgIpc) is 0.722. The maximum Gasteiger partial charge on any atom is 2.00 e. The molecule has 11 nitrogen and oxygen atoms in total. The standard InChI is InChI=1S/K.Mg.H2O4S.7H2O/c;;1-5(2,3)4;;;;;;;/h;;(H2,1,2,3,4);7*1H2/q+1;+2;;;;;;;;/p-2. The first kappa shape index (κ1) is 100. The molecule has 88 valence electrons. The van der Waals surface area contributed by atoms with Crippen molar-refractivity contribution >= 4 is 33.5 Å². The predicted molar refractivity (Wildman–Crippen MR) is 41.5 cm³/mol. The molecule has 0 atom stereocenters. The van der Waals surface area contributed by atoms with Crippen molar-refractivity contribution in [2.75, 3.05) is 0 Å². The minimum absolute atomic E-state index is 0. The molecule has 0 aromatic heterocycles. The summed E-state index contributed by atoms with van der Waals surface area (Å²) in [7, 11) is -5.17. The summed E-state index contributed by atoms with van der Waals surface area (Å²) >= 11 is 0. The Bertz CT molecular complexity index is 98.5. The average molecular weight is 286 g/mol. The molecule has 0 fully saturated rings. The van der Waals surface area contributed by atoms with E-state index in [1.807, 2.05) is 0 Å². The molecule has 0 amide bonds. The summed E-state index contributed by atoms with van der Waals surface area (Å²) < 4.78 is 34.1. The normalized spacial score (nSPS) is 4.14. The van der Waals surface area contributed by atoms with Crippen LogP contribution in [0.15, 0.2) is 0 Å². The van der Waals surface area contributed by atoms with Gasteiger partial charge in [0.15, 0.2) is 0 Å². The van der Waals surface area contributed by atoms with Crippen LogP contribution in [-0.2, 0) is 10.4 Å². The van der Waals surface area contributed by atoms with Crippen LogP contribution in [-0.4, -0.2) is 78.9 Å². The molecule has 0 aliphatic carbocycles. The number of hydrogen-bond donors (Lipinski definition) is 0. The molecule has 0 bridgehead atoms. The van der Waals surface area contributed by atoms with Gasteiger partial charge < -0.3 is 47.4 Å². The zero-order valence-electron chi connectivity index (χ0n) is 7.25. The minimum Gasteiger partial charge on any atom is -0.759 e. The Hall–Kier alpha value is 1.99. The van der Waals surface area contributed by atoms with E-state index in [0.717, 1.165) is 0 Å². The maximum absolute atomic E-state index is 8.52. The molecule has 0 saturated heterocycles. The first-order valence-corrected chi connectivity index (χ1v) is 2.00. The van der Waals surface area contributed by atoms with Crippen LogP contribution in [0.3, 0.4) is 0 Å². The van der Waals surface area contributed by atoms with Crippen molar-refractivity contribution in [3.63, 3.8) is 0 Å². The van der Waals surface area contributed by atoms with E-state index in [1.54, 1.807) is 0 Å². The minimum atomic E-state index is -5.17. The SMILES string of the molecule is O.O.O.O.O.O.O.O=S(=O)([O-])[O-].[K+].[Mg+2]. The van der Waals surface area contributed by atoms with E-state index in [-0.39, 0.29) is 113 Å². The van der Waals surface area contributed by atoms with Crippen LogP contribution in [0.25, 0.3) is 0 Å². The topological polar surface area (TPSA) is 301 Å². The molecule has 14 heavy (non-hydrogen) atoms. The monoisotopic (exact) mass is 285 g/mol. The van der Waals surface area contributed by atoms with Crippen LogP contribution >= 0.6 is 0 Å². The largest absolute Gasteiger partial charge is 2.00 e. The van der Waals surface area contributed by atoms with E-state index >= 15 is 0 Å². The fraction of sp³-hybridized carbons (Fsp3) is 0. The second-order valence-electron chi connectivity index (χ2n) is 0.408. The molecule has 0 rings (SSSR count). The van der Waals surface area contributed by atoms with Gasteiger partial charge in [-0.25, -0.2) is 0 Å². The van der Waals surface area contributed by atoms with Crippen molar-refractivity contribution in [2.24, 2.45) is 0 Å². The molecule has 14 heteroatoms. The summed E-state index contributed by atoms with van der Waals surface area (Å²) in [6.07, 6.45) is 0. The molecule has 14 N–H and O–H groups in total. The Morgan fingerprint density at radius 2 is 0.643 bits per heavy atom.